The molecule has 0 aliphatic carbocycles. The Bertz CT molecular complexity index is 1320. The van der Waals surface area contributed by atoms with E-state index < -0.39 is 11.7 Å². The average molecular weight is 393 g/mol. The zero-order chi connectivity index (χ0) is 20.4. The van der Waals surface area contributed by atoms with Crippen LogP contribution in [0.2, 0.25) is 0 Å². The van der Waals surface area contributed by atoms with Gasteiger partial charge in [0.05, 0.1) is 11.2 Å². The quantitative estimate of drug-likeness (QED) is 0.467. The molecule has 0 aliphatic heterocycles. The van der Waals surface area contributed by atoms with Gasteiger partial charge in [0, 0.05) is 25.2 Å². The summed E-state index contributed by atoms with van der Waals surface area (Å²) in [5.41, 5.74) is 2.87. The standard InChI is InChI=1S/C21H19N3O5/c1-14-8-10-24-18(11-14)22-15(12-19(24)25)13-28-20(26)7-4-9-23-16-5-2-3-6-17(16)29-21(23)27/h2-3,5-6,8,10-12H,4,7,9,13H2,1H3. The molecule has 0 unspecified atom stereocenters. The minimum atomic E-state index is -0.448. The van der Waals surface area contributed by atoms with Gasteiger partial charge in [0.2, 0.25) is 0 Å². The Labute approximate surface area is 165 Å². The lowest BCUT2D eigenvalue weighted by Gasteiger charge is -2.07. The third-order valence-electron chi connectivity index (χ3n) is 4.59. The molecule has 0 fully saturated rings. The van der Waals surface area contributed by atoms with E-state index in [-0.39, 0.29) is 18.6 Å². The van der Waals surface area contributed by atoms with E-state index in [0.29, 0.717) is 35.4 Å². The predicted molar refractivity (Wildman–Crippen MR) is 106 cm³/mol. The second-order valence-electron chi connectivity index (χ2n) is 6.77. The number of carbonyl (C=O) groups is 1. The summed E-state index contributed by atoms with van der Waals surface area (Å²) in [5.74, 6) is -0.868. The fourth-order valence-corrected chi connectivity index (χ4v) is 3.16. The molecule has 4 aromatic rings. The third kappa shape index (κ3) is 3.96. The molecule has 0 radical (unpaired) electrons. The fraction of sp³-hybridized carbons (Fsp3) is 0.238. The summed E-state index contributed by atoms with van der Waals surface area (Å²) in [6, 6.07) is 12.1. The zero-order valence-electron chi connectivity index (χ0n) is 15.8. The molecule has 8 nitrogen and oxygen atoms in total. The van der Waals surface area contributed by atoms with Crippen LogP contribution in [0.5, 0.6) is 0 Å². The summed E-state index contributed by atoms with van der Waals surface area (Å²) < 4.78 is 13.3. The van der Waals surface area contributed by atoms with Gasteiger partial charge in [-0.3, -0.25) is 18.6 Å². The van der Waals surface area contributed by atoms with Gasteiger partial charge in [-0.2, -0.15) is 0 Å². The van der Waals surface area contributed by atoms with Gasteiger partial charge in [-0.1, -0.05) is 12.1 Å². The average Bonchev–Trinajstić information content (AvgIpc) is 3.01. The van der Waals surface area contributed by atoms with Crippen LogP contribution < -0.4 is 11.3 Å². The number of rotatable bonds is 6. The Balaban J connectivity index is 1.36. The number of esters is 1. The van der Waals surface area contributed by atoms with Crippen molar-refractivity contribution in [2.45, 2.75) is 32.9 Å². The van der Waals surface area contributed by atoms with Crippen LogP contribution in [-0.4, -0.2) is 19.9 Å². The molecule has 1 aromatic carbocycles. The minimum Gasteiger partial charge on any atom is -0.459 e. The molecule has 0 spiro atoms. The topological polar surface area (TPSA) is 95.8 Å². The van der Waals surface area contributed by atoms with Gasteiger partial charge in [0.15, 0.2) is 5.58 Å². The van der Waals surface area contributed by atoms with E-state index in [1.165, 1.54) is 15.0 Å². The summed E-state index contributed by atoms with van der Waals surface area (Å²) in [7, 11) is 0. The van der Waals surface area contributed by atoms with Crippen LogP contribution in [0.25, 0.3) is 16.7 Å². The predicted octanol–water partition coefficient (Wildman–Crippen LogP) is 2.43. The molecule has 0 saturated carbocycles. The van der Waals surface area contributed by atoms with E-state index in [1.54, 1.807) is 30.5 Å². The van der Waals surface area contributed by atoms with E-state index in [2.05, 4.69) is 4.98 Å². The lowest BCUT2D eigenvalue weighted by atomic mass is 10.3. The summed E-state index contributed by atoms with van der Waals surface area (Å²) in [4.78, 5) is 40.5. The molecule has 3 heterocycles. The highest BCUT2D eigenvalue weighted by molar-refractivity contribution is 5.72. The van der Waals surface area contributed by atoms with E-state index >= 15 is 0 Å². The number of para-hydroxylation sites is 2. The molecule has 148 valence electrons. The summed E-state index contributed by atoms with van der Waals surface area (Å²) >= 11 is 0. The molecular weight excluding hydrogens is 374 g/mol. The lowest BCUT2D eigenvalue weighted by molar-refractivity contribution is -0.145. The van der Waals surface area contributed by atoms with Crippen molar-refractivity contribution < 1.29 is 13.9 Å². The largest absolute Gasteiger partial charge is 0.459 e. The van der Waals surface area contributed by atoms with Crippen molar-refractivity contribution in [3.63, 3.8) is 0 Å². The van der Waals surface area contributed by atoms with Crippen LogP contribution in [0.15, 0.2) is 62.7 Å². The second kappa shape index (κ2) is 7.75. The van der Waals surface area contributed by atoms with Crippen molar-refractivity contribution in [3.8, 4) is 0 Å². The highest BCUT2D eigenvalue weighted by Crippen LogP contribution is 2.12. The maximum atomic E-state index is 12.1. The molecule has 0 amide bonds. The van der Waals surface area contributed by atoms with Gasteiger partial charge in [-0.25, -0.2) is 9.78 Å². The number of oxazole rings is 1. The van der Waals surface area contributed by atoms with Crippen LogP contribution in [0, 0.1) is 6.92 Å². The Hall–Kier alpha value is -3.68. The van der Waals surface area contributed by atoms with Gasteiger partial charge in [0.1, 0.15) is 12.3 Å². The number of carbonyl (C=O) groups excluding carboxylic acids is 1. The van der Waals surface area contributed by atoms with Gasteiger partial charge in [-0.05, 0) is 43.2 Å². The Morgan fingerprint density at radius 3 is 2.86 bits per heavy atom. The molecule has 29 heavy (non-hydrogen) atoms. The molecule has 0 atom stereocenters. The molecule has 0 bridgehead atoms. The first-order valence-electron chi connectivity index (χ1n) is 9.24. The Kier molecular flexibility index (Phi) is 4.99. The SMILES string of the molecule is Cc1ccn2c(=O)cc(COC(=O)CCCn3c(=O)oc4ccccc43)nc2c1. The van der Waals surface area contributed by atoms with Crippen LogP contribution in [0.4, 0.5) is 0 Å². The van der Waals surface area contributed by atoms with E-state index in [4.69, 9.17) is 9.15 Å². The first kappa shape index (κ1) is 18.7. The molecule has 0 saturated heterocycles. The second-order valence-corrected chi connectivity index (χ2v) is 6.77. The van der Waals surface area contributed by atoms with E-state index in [0.717, 1.165) is 5.56 Å². The van der Waals surface area contributed by atoms with Crippen molar-refractivity contribution in [2.75, 3.05) is 0 Å². The van der Waals surface area contributed by atoms with Gasteiger partial charge in [-0.15, -0.1) is 0 Å². The molecule has 0 N–H and O–H groups in total. The normalized spacial score (nSPS) is 11.2. The number of fused-ring (bicyclic) bond motifs is 2. The first-order valence-corrected chi connectivity index (χ1v) is 9.24. The molecule has 3 aromatic heterocycles. The molecule has 4 rings (SSSR count). The van der Waals surface area contributed by atoms with Crippen molar-refractivity contribution in [1.82, 2.24) is 14.0 Å². The van der Waals surface area contributed by atoms with Gasteiger partial charge >= 0.3 is 11.7 Å². The number of benzene rings is 1. The highest BCUT2D eigenvalue weighted by atomic mass is 16.5. The van der Waals surface area contributed by atoms with Crippen molar-refractivity contribution in [1.29, 1.82) is 0 Å². The van der Waals surface area contributed by atoms with E-state index in [1.807, 2.05) is 19.1 Å². The van der Waals surface area contributed by atoms with Crippen LogP contribution in [0.3, 0.4) is 0 Å². The monoisotopic (exact) mass is 393 g/mol. The number of pyridine rings is 1. The number of aromatic nitrogens is 3. The number of nitrogens with zero attached hydrogens (tertiary/aromatic N) is 3. The molecule has 8 heteroatoms. The van der Waals surface area contributed by atoms with Crippen LogP contribution in [0.1, 0.15) is 24.1 Å². The Morgan fingerprint density at radius 1 is 1.17 bits per heavy atom. The van der Waals surface area contributed by atoms with Gasteiger partial charge < -0.3 is 9.15 Å². The van der Waals surface area contributed by atoms with Crippen molar-refractivity contribution >= 4 is 22.7 Å². The zero-order valence-corrected chi connectivity index (χ0v) is 15.8. The fourth-order valence-electron chi connectivity index (χ4n) is 3.16. The smallest absolute Gasteiger partial charge is 0.419 e. The number of hydrogen-bond donors (Lipinski definition) is 0. The third-order valence-corrected chi connectivity index (χ3v) is 4.59. The highest BCUT2D eigenvalue weighted by Gasteiger charge is 2.11. The minimum absolute atomic E-state index is 0.0763. The van der Waals surface area contributed by atoms with E-state index in [9.17, 15) is 14.4 Å². The first-order chi connectivity index (χ1) is 14.0. The Morgan fingerprint density at radius 2 is 2.00 bits per heavy atom. The summed E-state index contributed by atoms with van der Waals surface area (Å²) in [6.07, 6.45) is 2.23. The van der Waals surface area contributed by atoms with Crippen LogP contribution in [-0.2, 0) is 22.7 Å². The lowest BCUT2D eigenvalue weighted by Crippen LogP contribution is -2.17. The number of aryl methyl sites for hydroxylation is 2. The van der Waals surface area contributed by atoms with Crippen molar-refractivity contribution in [2.24, 2.45) is 0 Å². The van der Waals surface area contributed by atoms with Gasteiger partial charge in [0.25, 0.3) is 5.56 Å². The summed E-state index contributed by atoms with van der Waals surface area (Å²) in [5, 5.41) is 0. The molecular formula is C21H19N3O5. The van der Waals surface area contributed by atoms with Crippen molar-refractivity contribution in [3.05, 3.63) is 80.8 Å². The van der Waals surface area contributed by atoms with Crippen LogP contribution >= 0.6 is 0 Å². The summed E-state index contributed by atoms with van der Waals surface area (Å²) in [6.45, 7) is 2.18. The maximum Gasteiger partial charge on any atom is 0.419 e. The maximum absolute atomic E-state index is 12.1. The number of ether oxygens (including phenoxy) is 1. The molecule has 0 aliphatic rings. The number of hydrogen-bond acceptors (Lipinski definition) is 6.